The number of ether oxygens (including phenoxy) is 1. The molecular weight excluding hydrogens is 268 g/mol. The van der Waals surface area contributed by atoms with Crippen LogP contribution in [0.5, 0.6) is 0 Å². The van der Waals surface area contributed by atoms with Crippen LogP contribution in [-0.4, -0.2) is 17.5 Å². The van der Waals surface area contributed by atoms with Crippen LogP contribution in [0.1, 0.15) is 45.6 Å². The predicted molar refractivity (Wildman–Crippen MR) is 76.0 cm³/mol. The molecule has 1 atom stereocenters. The summed E-state index contributed by atoms with van der Waals surface area (Å²) < 4.78 is 5.14. The van der Waals surface area contributed by atoms with Gasteiger partial charge in [-0.3, -0.25) is 4.79 Å². The Kier molecular flexibility index (Phi) is 6.23. The summed E-state index contributed by atoms with van der Waals surface area (Å²) in [5.74, 6) is -2.52. The Morgan fingerprint density at radius 2 is 2.10 bits per heavy atom. The monoisotopic (exact) mass is 289 g/mol. The van der Waals surface area contributed by atoms with E-state index < -0.39 is 23.5 Å². The molecule has 0 fully saturated rings. The summed E-state index contributed by atoms with van der Waals surface area (Å²) in [6.07, 6.45) is 1.58. The van der Waals surface area contributed by atoms with Crippen molar-refractivity contribution in [2.45, 2.75) is 52.1 Å². The first-order valence-corrected chi connectivity index (χ1v) is 7.08. The number of carbonyl (C=O) groups excluding carboxylic acids is 2. The average molecular weight is 289 g/mol. The molecule has 0 saturated heterocycles. The molecule has 4 heteroatoms. The minimum Gasteiger partial charge on any atom is -0.550 e. The van der Waals surface area contributed by atoms with E-state index in [0.717, 1.165) is 5.56 Å². The van der Waals surface area contributed by atoms with E-state index in [2.05, 4.69) is 12.1 Å². The molecule has 114 valence electrons. The lowest BCUT2D eigenvalue weighted by molar-refractivity contribution is -0.312. The zero-order valence-electron chi connectivity index (χ0n) is 12.8. The summed E-state index contributed by atoms with van der Waals surface area (Å²) >= 11 is 0. The SMILES string of the molecule is CC(C)(C)OC(=O)C[C@@H](CCCc1c#cccc1)C(=O)[O-]. The van der Waals surface area contributed by atoms with Gasteiger partial charge >= 0.3 is 5.97 Å². The van der Waals surface area contributed by atoms with Gasteiger partial charge in [0, 0.05) is 17.5 Å². The lowest BCUT2D eigenvalue weighted by atomic mass is 9.97. The Hall–Kier alpha value is -2.02. The summed E-state index contributed by atoms with van der Waals surface area (Å²) in [6.45, 7) is 5.25. The van der Waals surface area contributed by atoms with Gasteiger partial charge in [-0.25, -0.2) is 0 Å². The van der Waals surface area contributed by atoms with Crippen LogP contribution in [0.3, 0.4) is 0 Å². The van der Waals surface area contributed by atoms with Gasteiger partial charge in [0.05, 0.1) is 6.42 Å². The van der Waals surface area contributed by atoms with Crippen LogP contribution >= 0.6 is 0 Å². The standard InChI is InChI=1S/C17H22O4/c1-17(2,3)21-15(18)12-14(16(19)20)11-7-10-13-8-5-4-6-9-13/h4-5,8,14H,7,10-12H2,1-3H3,(H,19,20)/p-1/t14-/m1/s1. The molecule has 0 aliphatic rings. The number of aryl methyl sites for hydroxylation is 1. The van der Waals surface area contributed by atoms with Crippen molar-refractivity contribution in [3.63, 3.8) is 0 Å². The first kappa shape index (κ1) is 17.0. The van der Waals surface area contributed by atoms with Crippen molar-refractivity contribution in [1.82, 2.24) is 0 Å². The maximum atomic E-state index is 11.7. The molecule has 0 N–H and O–H groups in total. The number of carbonyl (C=O) groups is 2. The van der Waals surface area contributed by atoms with Crippen LogP contribution in [0, 0.1) is 18.1 Å². The van der Waals surface area contributed by atoms with Crippen molar-refractivity contribution in [2.75, 3.05) is 0 Å². The van der Waals surface area contributed by atoms with Gasteiger partial charge in [0.25, 0.3) is 0 Å². The van der Waals surface area contributed by atoms with Crippen molar-refractivity contribution in [2.24, 2.45) is 5.92 Å². The van der Waals surface area contributed by atoms with Gasteiger partial charge in [-0.1, -0.05) is 24.3 Å². The summed E-state index contributed by atoms with van der Waals surface area (Å²) in [6, 6.07) is 11.4. The molecule has 1 aromatic carbocycles. The van der Waals surface area contributed by atoms with Gasteiger partial charge in [-0.15, -0.1) is 0 Å². The average Bonchev–Trinajstić information content (AvgIpc) is 2.36. The molecule has 21 heavy (non-hydrogen) atoms. The minimum atomic E-state index is -1.20. The molecule has 0 heterocycles. The predicted octanol–water partition coefficient (Wildman–Crippen LogP) is 1.71. The van der Waals surface area contributed by atoms with Crippen molar-refractivity contribution < 1.29 is 19.4 Å². The van der Waals surface area contributed by atoms with Crippen LogP contribution in [0.2, 0.25) is 0 Å². The highest BCUT2D eigenvalue weighted by molar-refractivity contribution is 5.77. The van der Waals surface area contributed by atoms with Gasteiger partial charge in [-0.2, -0.15) is 0 Å². The van der Waals surface area contributed by atoms with E-state index in [-0.39, 0.29) is 6.42 Å². The Balaban J connectivity index is 2.43. The van der Waals surface area contributed by atoms with E-state index >= 15 is 0 Å². The second-order valence-electron chi connectivity index (χ2n) is 6.02. The number of hydrogen-bond acceptors (Lipinski definition) is 4. The van der Waals surface area contributed by atoms with E-state index in [1.54, 1.807) is 26.8 Å². The lowest BCUT2D eigenvalue weighted by Crippen LogP contribution is -2.34. The molecule has 0 aromatic heterocycles. The molecule has 0 spiro atoms. The first-order chi connectivity index (χ1) is 9.78. The molecule has 1 rings (SSSR count). The number of esters is 1. The highest BCUT2D eigenvalue weighted by Gasteiger charge is 2.21. The topological polar surface area (TPSA) is 66.4 Å². The summed E-state index contributed by atoms with van der Waals surface area (Å²) in [7, 11) is 0. The van der Waals surface area contributed by atoms with Crippen molar-refractivity contribution >= 4 is 11.9 Å². The van der Waals surface area contributed by atoms with Gasteiger partial charge in [0.2, 0.25) is 0 Å². The zero-order valence-corrected chi connectivity index (χ0v) is 12.8. The zero-order chi connectivity index (χ0) is 15.9. The number of hydrogen-bond donors (Lipinski definition) is 0. The molecule has 4 nitrogen and oxygen atoms in total. The van der Waals surface area contributed by atoms with Gasteiger partial charge in [0.1, 0.15) is 5.60 Å². The van der Waals surface area contributed by atoms with Crippen molar-refractivity contribution in [1.29, 1.82) is 0 Å². The molecule has 0 bridgehead atoms. The van der Waals surface area contributed by atoms with Crippen molar-refractivity contribution in [3.8, 4) is 0 Å². The van der Waals surface area contributed by atoms with Crippen LogP contribution < -0.4 is 5.11 Å². The fourth-order valence-electron chi connectivity index (χ4n) is 1.96. The highest BCUT2D eigenvalue weighted by Crippen LogP contribution is 2.16. The molecule has 0 aliphatic heterocycles. The van der Waals surface area contributed by atoms with E-state index in [1.807, 2.05) is 12.1 Å². The normalized spacial score (nSPS) is 12.3. The lowest BCUT2D eigenvalue weighted by Gasteiger charge is -2.22. The number of rotatable bonds is 7. The maximum absolute atomic E-state index is 11.7. The van der Waals surface area contributed by atoms with E-state index in [1.165, 1.54) is 0 Å². The van der Waals surface area contributed by atoms with Gasteiger partial charge in [0.15, 0.2) is 0 Å². The molecule has 0 radical (unpaired) electrons. The highest BCUT2D eigenvalue weighted by atomic mass is 16.6. The maximum Gasteiger partial charge on any atom is 0.306 e. The summed E-state index contributed by atoms with van der Waals surface area (Å²) in [4.78, 5) is 22.8. The quantitative estimate of drug-likeness (QED) is 0.717. The minimum absolute atomic E-state index is 0.149. The third-order valence-corrected chi connectivity index (χ3v) is 2.87. The van der Waals surface area contributed by atoms with E-state index in [0.29, 0.717) is 19.3 Å². The Morgan fingerprint density at radius 1 is 1.38 bits per heavy atom. The van der Waals surface area contributed by atoms with Crippen LogP contribution in [0.4, 0.5) is 0 Å². The Morgan fingerprint density at radius 3 is 2.62 bits per heavy atom. The fraction of sp³-hybridized carbons (Fsp3) is 0.529. The molecule has 0 amide bonds. The molecule has 0 aliphatic carbocycles. The van der Waals surface area contributed by atoms with Crippen LogP contribution in [0.15, 0.2) is 18.2 Å². The number of carboxylic acid groups (broad SMARTS) is 1. The number of aliphatic carboxylic acids is 1. The summed E-state index contributed by atoms with van der Waals surface area (Å²) in [5.41, 5.74) is 0.370. The van der Waals surface area contributed by atoms with Gasteiger partial charge < -0.3 is 14.6 Å². The largest absolute Gasteiger partial charge is 0.550 e. The second-order valence-corrected chi connectivity index (χ2v) is 6.02. The smallest absolute Gasteiger partial charge is 0.306 e. The molecule has 1 aromatic rings. The van der Waals surface area contributed by atoms with E-state index in [4.69, 9.17) is 4.74 Å². The first-order valence-electron chi connectivity index (χ1n) is 7.08. The number of carboxylic acids is 1. The third-order valence-electron chi connectivity index (χ3n) is 2.87. The molecule has 0 saturated carbocycles. The molecular formula is C17H21O4-. The van der Waals surface area contributed by atoms with Crippen LogP contribution in [0.25, 0.3) is 0 Å². The summed E-state index contributed by atoms with van der Waals surface area (Å²) in [5, 5.41) is 11.1. The third kappa shape index (κ3) is 7.36. The van der Waals surface area contributed by atoms with Gasteiger partial charge in [-0.05, 0) is 46.1 Å². The van der Waals surface area contributed by atoms with Crippen LogP contribution in [-0.2, 0) is 20.7 Å². The second kappa shape index (κ2) is 7.68. The van der Waals surface area contributed by atoms with E-state index in [9.17, 15) is 14.7 Å². The fourth-order valence-corrected chi connectivity index (χ4v) is 1.96. The Labute approximate surface area is 126 Å². The van der Waals surface area contributed by atoms with Crippen molar-refractivity contribution in [3.05, 3.63) is 35.9 Å². The molecule has 0 unspecified atom stereocenters. The Bertz CT molecular complexity index is 459.